The molecule has 0 aliphatic carbocycles. The summed E-state index contributed by atoms with van der Waals surface area (Å²) < 4.78 is 70.5. The SMILES string of the molecule is CNS(=O)(=O)Nc1cc(Cn2c(C)c(O)n(-c3ccc(OC(F)(F)F)cc3)c2=O)ccn1. The van der Waals surface area contributed by atoms with Crippen LogP contribution in [0.3, 0.4) is 0 Å². The van der Waals surface area contributed by atoms with Crippen LogP contribution >= 0.6 is 0 Å². The summed E-state index contributed by atoms with van der Waals surface area (Å²) in [4.78, 5) is 16.8. The second-order valence-electron chi connectivity index (χ2n) is 6.51. The molecule has 0 aliphatic heterocycles. The molecule has 0 saturated carbocycles. The molecule has 172 valence electrons. The highest BCUT2D eigenvalue weighted by Gasteiger charge is 2.31. The van der Waals surface area contributed by atoms with Crippen LogP contribution in [0.1, 0.15) is 11.3 Å². The van der Waals surface area contributed by atoms with Gasteiger partial charge in [-0.2, -0.15) is 8.42 Å². The number of aromatic nitrogens is 3. The molecule has 10 nitrogen and oxygen atoms in total. The van der Waals surface area contributed by atoms with Crippen molar-refractivity contribution in [1.82, 2.24) is 18.8 Å². The van der Waals surface area contributed by atoms with E-state index in [9.17, 15) is 31.5 Å². The van der Waals surface area contributed by atoms with E-state index >= 15 is 0 Å². The number of halogens is 3. The number of anilines is 1. The number of nitrogens with zero attached hydrogens (tertiary/aromatic N) is 3. The standard InChI is InChI=1S/C18H18F3N5O5S/c1-11-16(27)26(13-3-5-14(6-4-13)31-18(19,20)21)17(28)25(11)10-12-7-8-23-15(9-12)24-32(29,30)22-2/h3-9,22,27H,10H2,1-2H3,(H,23,24). The first-order valence-corrected chi connectivity index (χ1v) is 10.4. The number of pyridine rings is 1. The summed E-state index contributed by atoms with van der Waals surface area (Å²) in [6.45, 7) is 1.46. The zero-order valence-electron chi connectivity index (χ0n) is 16.7. The van der Waals surface area contributed by atoms with Crippen LogP contribution in [0.4, 0.5) is 19.0 Å². The van der Waals surface area contributed by atoms with Gasteiger partial charge in [0, 0.05) is 13.2 Å². The summed E-state index contributed by atoms with van der Waals surface area (Å²) in [6, 6.07) is 7.40. The second-order valence-corrected chi connectivity index (χ2v) is 8.13. The van der Waals surface area contributed by atoms with Crippen molar-refractivity contribution in [3.8, 4) is 17.3 Å². The Kier molecular flexibility index (Phi) is 6.18. The normalized spacial score (nSPS) is 12.0. The van der Waals surface area contributed by atoms with Crippen molar-refractivity contribution in [3.05, 3.63) is 64.3 Å². The first-order valence-electron chi connectivity index (χ1n) is 8.93. The smallest absolute Gasteiger partial charge is 0.493 e. The van der Waals surface area contributed by atoms with Crippen molar-refractivity contribution in [1.29, 1.82) is 0 Å². The molecule has 2 heterocycles. The predicted octanol–water partition coefficient (Wildman–Crippen LogP) is 1.87. The highest BCUT2D eigenvalue weighted by molar-refractivity contribution is 7.90. The van der Waals surface area contributed by atoms with Crippen LogP contribution in [0.2, 0.25) is 0 Å². The lowest BCUT2D eigenvalue weighted by Gasteiger charge is -2.09. The number of rotatable bonds is 7. The zero-order valence-corrected chi connectivity index (χ0v) is 17.5. The third kappa shape index (κ3) is 5.20. The zero-order chi connectivity index (χ0) is 23.7. The van der Waals surface area contributed by atoms with Crippen molar-refractivity contribution in [2.24, 2.45) is 0 Å². The number of nitrogens with one attached hydrogen (secondary N) is 2. The Hall–Kier alpha value is -3.52. The Bertz CT molecular complexity index is 1280. The summed E-state index contributed by atoms with van der Waals surface area (Å²) >= 11 is 0. The lowest BCUT2D eigenvalue weighted by Crippen LogP contribution is -2.27. The van der Waals surface area contributed by atoms with Gasteiger partial charge in [-0.1, -0.05) is 0 Å². The van der Waals surface area contributed by atoms with Gasteiger partial charge in [-0.05, 0) is 48.9 Å². The molecule has 3 N–H and O–H groups in total. The largest absolute Gasteiger partial charge is 0.573 e. The topological polar surface area (TPSA) is 127 Å². The van der Waals surface area contributed by atoms with E-state index in [0.29, 0.717) is 5.56 Å². The molecule has 3 rings (SSSR count). The van der Waals surface area contributed by atoms with Gasteiger partial charge in [-0.3, -0.25) is 9.29 Å². The molecular formula is C18H18F3N5O5S. The summed E-state index contributed by atoms with van der Waals surface area (Å²) in [5.74, 6) is -0.852. The highest BCUT2D eigenvalue weighted by atomic mass is 32.2. The first-order chi connectivity index (χ1) is 14.9. The molecule has 32 heavy (non-hydrogen) atoms. The molecule has 0 spiro atoms. The monoisotopic (exact) mass is 473 g/mol. The number of ether oxygens (including phenoxy) is 1. The third-order valence-electron chi connectivity index (χ3n) is 4.36. The molecule has 0 bridgehead atoms. The van der Waals surface area contributed by atoms with E-state index in [1.165, 1.54) is 42.9 Å². The van der Waals surface area contributed by atoms with E-state index in [4.69, 9.17) is 0 Å². The molecule has 1 aromatic carbocycles. The lowest BCUT2D eigenvalue weighted by molar-refractivity contribution is -0.274. The molecular weight excluding hydrogens is 455 g/mol. The molecule has 3 aromatic rings. The quantitative estimate of drug-likeness (QED) is 0.481. The van der Waals surface area contributed by atoms with Crippen molar-refractivity contribution >= 4 is 16.0 Å². The lowest BCUT2D eigenvalue weighted by atomic mass is 10.2. The van der Waals surface area contributed by atoms with Crippen LogP contribution < -0.4 is 19.9 Å². The van der Waals surface area contributed by atoms with Gasteiger partial charge in [0.25, 0.3) is 10.2 Å². The molecule has 2 aromatic heterocycles. The van der Waals surface area contributed by atoms with Gasteiger partial charge in [0.05, 0.1) is 17.9 Å². The van der Waals surface area contributed by atoms with E-state index in [1.54, 1.807) is 6.07 Å². The fourth-order valence-corrected chi connectivity index (χ4v) is 3.34. The van der Waals surface area contributed by atoms with Crippen molar-refractivity contribution in [3.63, 3.8) is 0 Å². The third-order valence-corrected chi connectivity index (χ3v) is 5.38. The summed E-state index contributed by atoms with van der Waals surface area (Å²) in [5.41, 5.74) is 0.171. The molecule has 0 radical (unpaired) electrons. The Morgan fingerprint density at radius 1 is 1.19 bits per heavy atom. The van der Waals surface area contributed by atoms with Crippen LogP contribution in [-0.2, 0) is 16.8 Å². The van der Waals surface area contributed by atoms with Gasteiger partial charge in [0.1, 0.15) is 11.6 Å². The van der Waals surface area contributed by atoms with Gasteiger partial charge in [0.2, 0.25) is 5.88 Å². The maximum atomic E-state index is 12.9. The maximum absolute atomic E-state index is 12.9. The molecule has 0 fully saturated rings. The minimum absolute atomic E-state index is 0.0199. The van der Waals surface area contributed by atoms with Crippen LogP contribution in [-0.4, -0.2) is 41.1 Å². The van der Waals surface area contributed by atoms with Crippen LogP contribution in [0.15, 0.2) is 47.4 Å². The van der Waals surface area contributed by atoms with E-state index in [-0.39, 0.29) is 23.7 Å². The Morgan fingerprint density at radius 2 is 1.84 bits per heavy atom. The average Bonchev–Trinajstić information content (AvgIpc) is 2.91. The fraction of sp³-hybridized carbons (Fsp3) is 0.222. The molecule has 14 heteroatoms. The molecule has 0 saturated heterocycles. The second kappa shape index (κ2) is 8.55. The minimum atomic E-state index is -4.86. The number of alkyl halides is 3. The van der Waals surface area contributed by atoms with Gasteiger partial charge in [-0.15, -0.1) is 13.2 Å². The van der Waals surface area contributed by atoms with Gasteiger partial charge in [0.15, 0.2) is 0 Å². The van der Waals surface area contributed by atoms with Gasteiger partial charge in [-0.25, -0.2) is 19.1 Å². The number of hydrogen-bond donors (Lipinski definition) is 3. The first kappa shape index (κ1) is 23.1. The number of hydrogen-bond acceptors (Lipinski definition) is 6. The molecule has 0 amide bonds. The predicted molar refractivity (Wildman–Crippen MR) is 108 cm³/mol. The van der Waals surface area contributed by atoms with E-state index in [2.05, 4.69) is 19.2 Å². The molecule has 0 aliphatic rings. The number of benzene rings is 1. The van der Waals surface area contributed by atoms with Gasteiger partial charge < -0.3 is 9.84 Å². The fourth-order valence-electron chi connectivity index (χ4n) is 2.85. The van der Waals surface area contributed by atoms with Crippen molar-refractivity contribution in [2.75, 3.05) is 11.8 Å². The van der Waals surface area contributed by atoms with Crippen LogP contribution in [0, 0.1) is 6.92 Å². The van der Waals surface area contributed by atoms with E-state index < -0.39 is 33.9 Å². The Labute approximate surface area is 180 Å². The van der Waals surface area contributed by atoms with Crippen LogP contribution in [0.5, 0.6) is 11.6 Å². The summed E-state index contributed by atoms with van der Waals surface area (Å²) in [7, 11) is -2.56. The number of aromatic hydroxyl groups is 1. The summed E-state index contributed by atoms with van der Waals surface area (Å²) in [5, 5.41) is 10.4. The number of imidazole rings is 1. The average molecular weight is 473 g/mol. The minimum Gasteiger partial charge on any atom is -0.493 e. The van der Waals surface area contributed by atoms with Gasteiger partial charge >= 0.3 is 12.1 Å². The summed E-state index contributed by atoms with van der Waals surface area (Å²) in [6.07, 6.45) is -3.51. The molecule has 0 unspecified atom stereocenters. The van der Waals surface area contributed by atoms with Crippen LogP contribution in [0.25, 0.3) is 5.69 Å². The molecule has 0 atom stereocenters. The Balaban J connectivity index is 1.92. The van der Waals surface area contributed by atoms with E-state index in [0.717, 1.165) is 16.7 Å². The van der Waals surface area contributed by atoms with Crippen molar-refractivity contribution in [2.45, 2.75) is 19.8 Å². The highest BCUT2D eigenvalue weighted by Crippen LogP contribution is 2.26. The maximum Gasteiger partial charge on any atom is 0.573 e. The Morgan fingerprint density at radius 3 is 2.44 bits per heavy atom. The van der Waals surface area contributed by atoms with Crippen molar-refractivity contribution < 1.29 is 31.4 Å². The van der Waals surface area contributed by atoms with E-state index in [1.807, 2.05) is 0 Å².